The number of ether oxygens (including phenoxy) is 1. The number of benzene rings is 1. The quantitative estimate of drug-likeness (QED) is 0.625. The summed E-state index contributed by atoms with van der Waals surface area (Å²) in [5.74, 6) is -0.774. The summed E-state index contributed by atoms with van der Waals surface area (Å²) in [6.07, 6.45) is 1.33. The number of hydrogen-bond acceptors (Lipinski definition) is 6. The fraction of sp³-hybridized carbons (Fsp3) is 0.300. The van der Waals surface area contributed by atoms with Crippen molar-refractivity contribution in [3.05, 3.63) is 63.4 Å². The van der Waals surface area contributed by atoms with E-state index >= 15 is 0 Å². The molecule has 0 fully saturated rings. The van der Waals surface area contributed by atoms with Gasteiger partial charge in [0.15, 0.2) is 0 Å². The maximum Gasteiger partial charge on any atom is 0.325 e. The zero-order chi connectivity index (χ0) is 20.4. The molecule has 146 valence electrons. The molecule has 1 aromatic carbocycles. The molecule has 0 unspecified atom stereocenters. The average Bonchev–Trinajstić information content (AvgIpc) is 3.01. The van der Waals surface area contributed by atoms with Gasteiger partial charge in [-0.2, -0.15) is 0 Å². The second-order valence-electron chi connectivity index (χ2n) is 6.54. The lowest BCUT2D eigenvalue weighted by Crippen LogP contribution is -2.36. The van der Waals surface area contributed by atoms with Gasteiger partial charge in [-0.15, -0.1) is 0 Å². The van der Waals surface area contributed by atoms with Crippen LogP contribution in [0.5, 0.6) is 0 Å². The van der Waals surface area contributed by atoms with Gasteiger partial charge in [-0.1, -0.05) is 24.3 Å². The van der Waals surface area contributed by atoms with Gasteiger partial charge >= 0.3 is 5.97 Å². The molecular formula is C20H21N3O5. The predicted octanol–water partition coefficient (Wildman–Crippen LogP) is 1.96. The van der Waals surface area contributed by atoms with E-state index in [4.69, 9.17) is 9.15 Å². The number of fused-ring (bicyclic) bond motifs is 1. The summed E-state index contributed by atoms with van der Waals surface area (Å²) in [7, 11) is 2.81. The highest BCUT2D eigenvalue weighted by atomic mass is 16.5. The lowest BCUT2D eigenvalue weighted by molar-refractivity contribution is -0.141. The number of aryl methyl sites for hydroxylation is 3. The molecule has 0 spiro atoms. The van der Waals surface area contributed by atoms with Gasteiger partial charge in [-0.3, -0.25) is 14.4 Å². The lowest BCUT2D eigenvalue weighted by Gasteiger charge is -2.22. The van der Waals surface area contributed by atoms with Crippen molar-refractivity contribution in [1.29, 1.82) is 0 Å². The average molecular weight is 383 g/mol. The van der Waals surface area contributed by atoms with Crippen LogP contribution in [0.4, 0.5) is 0 Å². The number of carbonyl (C=O) groups is 2. The molecular weight excluding hydrogens is 362 g/mol. The van der Waals surface area contributed by atoms with E-state index in [2.05, 4.69) is 4.98 Å². The Kier molecular flexibility index (Phi) is 5.30. The van der Waals surface area contributed by atoms with Gasteiger partial charge in [-0.25, -0.2) is 4.98 Å². The van der Waals surface area contributed by atoms with Crippen molar-refractivity contribution in [2.24, 2.45) is 7.05 Å². The van der Waals surface area contributed by atoms with Crippen LogP contribution in [0.3, 0.4) is 0 Å². The van der Waals surface area contributed by atoms with Gasteiger partial charge in [0.25, 0.3) is 11.5 Å². The summed E-state index contributed by atoms with van der Waals surface area (Å²) in [5, 5.41) is 0.104. The Morgan fingerprint density at radius 2 is 1.96 bits per heavy atom. The number of aromatic nitrogens is 2. The number of rotatable bonds is 5. The maximum absolute atomic E-state index is 13.4. The Bertz CT molecular complexity index is 1110. The highest BCUT2D eigenvalue weighted by Gasteiger charge is 2.28. The molecule has 0 N–H and O–H groups in total. The number of hydrogen-bond donors (Lipinski definition) is 0. The van der Waals surface area contributed by atoms with E-state index in [1.165, 1.54) is 22.9 Å². The number of amides is 1. The fourth-order valence-electron chi connectivity index (χ4n) is 3.02. The smallest absolute Gasteiger partial charge is 0.325 e. The molecule has 0 aliphatic carbocycles. The van der Waals surface area contributed by atoms with Crippen molar-refractivity contribution in [3.8, 4) is 0 Å². The summed E-state index contributed by atoms with van der Waals surface area (Å²) in [6, 6.07) is 7.57. The standard InChI is InChI=1S/C20H21N3O5/c1-12-7-5-6-8-14(12)9-23(10-15(24)27-4)20(26)16-13(2)28-18-17(16)19(25)22(3)11-21-18/h5-8,11H,9-10H2,1-4H3. The second-order valence-corrected chi connectivity index (χ2v) is 6.54. The van der Waals surface area contributed by atoms with Crippen molar-refractivity contribution >= 4 is 23.0 Å². The van der Waals surface area contributed by atoms with Crippen molar-refractivity contribution < 1.29 is 18.7 Å². The molecule has 8 nitrogen and oxygen atoms in total. The molecule has 0 radical (unpaired) electrons. The van der Waals surface area contributed by atoms with Gasteiger partial charge in [0.2, 0.25) is 5.71 Å². The Labute approximate surface area is 161 Å². The molecule has 0 aliphatic heterocycles. The zero-order valence-electron chi connectivity index (χ0n) is 16.2. The van der Waals surface area contributed by atoms with Crippen molar-refractivity contribution in [2.45, 2.75) is 20.4 Å². The van der Waals surface area contributed by atoms with Crippen LogP contribution in [0.25, 0.3) is 11.1 Å². The van der Waals surface area contributed by atoms with Gasteiger partial charge in [0.05, 0.1) is 12.7 Å². The highest BCUT2D eigenvalue weighted by molar-refractivity contribution is 6.06. The first-order valence-corrected chi connectivity index (χ1v) is 8.68. The Morgan fingerprint density at radius 3 is 2.64 bits per heavy atom. The van der Waals surface area contributed by atoms with Crippen LogP contribution in [0.15, 0.2) is 39.8 Å². The number of esters is 1. The number of nitrogens with zero attached hydrogens (tertiary/aromatic N) is 3. The highest BCUT2D eigenvalue weighted by Crippen LogP contribution is 2.23. The summed E-state index contributed by atoms with van der Waals surface area (Å²) < 4.78 is 11.5. The van der Waals surface area contributed by atoms with E-state index in [9.17, 15) is 14.4 Å². The van der Waals surface area contributed by atoms with E-state index in [0.29, 0.717) is 0 Å². The zero-order valence-corrected chi connectivity index (χ0v) is 16.2. The fourth-order valence-corrected chi connectivity index (χ4v) is 3.02. The first kappa shape index (κ1) is 19.3. The third-order valence-electron chi connectivity index (χ3n) is 4.62. The Hall–Kier alpha value is -3.42. The Balaban J connectivity index is 2.09. The number of furan rings is 1. The molecule has 8 heteroatoms. The topological polar surface area (TPSA) is 94.6 Å². The SMILES string of the molecule is COC(=O)CN(Cc1ccccc1C)C(=O)c1c(C)oc2ncn(C)c(=O)c12. The van der Waals surface area contributed by atoms with Gasteiger partial charge in [0, 0.05) is 13.6 Å². The number of methoxy groups -OCH3 is 1. The molecule has 3 aromatic rings. The first-order chi connectivity index (χ1) is 13.3. The van der Waals surface area contributed by atoms with Crippen molar-refractivity contribution in [1.82, 2.24) is 14.5 Å². The number of carbonyl (C=O) groups excluding carboxylic acids is 2. The minimum atomic E-state index is -0.557. The summed E-state index contributed by atoms with van der Waals surface area (Å²) in [6.45, 7) is 3.45. The normalized spacial score (nSPS) is 10.9. The minimum absolute atomic E-state index is 0.0952. The molecule has 0 saturated heterocycles. The molecule has 2 heterocycles. The molecule has 1 amide bonds. The minimum Gasteiger partial charge on any atom is -0.468 e. The largest absolute Gasteiger partial charge is 0.468 e. The van der Waals surface area contributed by atoms with E-state index in [1.54, 1.807) is 14.0 Å². The summed E-state index contributed by atoms with van der Waals surface area (Å²) >= 11 is 0. The summed E-state index contributed by atoms with van der Waals surface area (Å²) in [4.78, 5) is 43.3. The second kappa shape index (κ2) is 7.67. The van der Waals surface area contributed by atoms with Crippen LogP contribution in [0.2, 0.25) is 0 Å². The van der Waals surface area contributed by atoms with Crippen molar-refractivity contribution in [3.63, 3.8) is 0 Å². The molecule has 0 aliphatic rings. The van der Waals surface area contributed by atoms with E-state index in [0.717, 1.165) is 11.1 Å². The molecule has 0 atom stereocenters. The van der Waals surface area contributed by atoms with E-state index in [1.807, 2.05) is 31.2 Å². The molecule has 0 bridgehead atoms. The van der Waals surface area contributed by atoms with Crippen LogP contribution < -0.4 is 5.56 Å². The monoisotopic (exact) mass is 383 g/mol. The molecule has 0 saturated carbocycles. The van der Waals surface area contributed by atoms with Crippen molar-refractivity contribution in [2.75, 3.05) is 13.7 Å². The first-order valence-electron chi connectivity index (χ1n) is 8.68. The third kappa shape index (κ3) is 3.53. The Morgan fingerprint density at radius 1 is 1.25 bits per heavy atom. The predicted molar refractivity (Wildman–Crippen MR) is 102 cm³/mol. The van der Waals surface area contributed by atoms with Gasteiger partial charge < -0.3 is 18.6 Å². The van der Waals surface area contributed by atoms with Gasteiger partial charge in [-0.05, 0) is 25.0 Å². The van der Waals surface area contributed by atoms with Crippen LogP contribution in [0, 0.1) is 13.8 Å². The summed E-state index contributed by atoms with van der Waals surface area (Å²) in [5.41, 5.74) is 1.69. The van der Waals surface area contributed by atoms with Gasteiger partial charge in [0.1, 0.15) is 24.0 Å². The van der Waals surface area contributed by atoms with E-state index < -0.39 is 11.9 Å². The van der Waals surface area contributed by atoms with Crippen LogP contribution >= 0.6 is 0 Å². The van der Waals surface area contributed by atoms with E-state index in [-0.39, 0.29) is 41.1 Å². The van der Waals surface area contributed by atoms with Crippen LogP contribution in [-0.2, 0) is 23.1 Å². The molecule has 3 rings (SSSR count). The lowest BCUT2D eigenvalue weighted by atomic mass is 10.1. The third-order valence-corrected chi connectivity index (χ3v) is 4.62. The molecule has 28 heavy (non-hydrogen) atoms. The van der Waals surface area contributed by atoms with Crippen LogP contribution in [0.1, 0.15) is 27.2 Å². The van der Waals surface area contributed by atoms with Crippen LogP contribution in [-0.4, -0.2) is 40.0 Å². The molecule has 2 aromatic heterocycles. The maximum atomic E-state index is 13.4.